The monoisotopic (exact) mass is 648 g/mol. The average Bonchev–Trinajstić information content (AvgIpc) is 3.02. The first-order valence-electron chi connectivity index (χ1n) is 15.8. The number of nitrogens with zero attached hydrogens (tertiary/aromatic N) is 1. The van der Waals surface area contributed by atoms with E-state index in [1.807, 2.05) is 92.6 Å². The van der Waals surface area contributed by atoms with E-state index in [2.05, 4.69) is 44.3 Å². The number of esters is 1. The van der Waals surface area contributed by atoms with Crippen LogP contribution >= 0.6 is 0 Å². The molecule has 0 aliphatic carbocycles. The Labute approximate surface area is 274 Å². The number of ether oxygens (including phenoxy) is 1. The van der Waals surface area contributed by atoms with Crippen LogP contribution in [0.4, 0.5) is 0 Å². The Morgan fingerprint density at radius 2 is 1.38 bits per heavy atom. The van der Waals surface area contributed by atoms with Gasteiger partial charge in [0.15, 0.2) is 0 Å². The molecule has 45 heavy (non-hydrogen) atoms. The lowest BCUT2D eigenvalue weighted by Crippen LogP contribution is -2.46. The van der Waals surface area contributed by atoms with Crippen LogP contribution in [0.2, 0.25) is 0 Å². The van der Waals surface area contributed by atoms with Crippen LogP contribution in [-0.4, -0.2) is 50.0 Å². The van der Waals surface area contributed by atoms with E-state index in [9.17, 15) is 18.0 Å². The molecule has 0 spiro atoms. The summed E-state index contributed by atoms with van der Waals surface area (Å²) in [4.78, 5) is 30.8. The number of benzene rings is 2. The van der Waals surface area contributed by atoms with Crippen molar-refractivity contribution in [2.75, 3.05) is 13.4 Å². The van der Waals surface area contributed by atoms with Crippen molar-refractivity contribution in [3.05, 3.63) is 82.1 Å². The minimum Gasteiger partial charge on any atom is -0.468 e. The van der Waals surface area contributed by atoms with E-state index in [1.165, 1.54) is 18.2 Å². The van der Waals surface area contributed by atoms with Crippen LogP contribution in [0.5, 0.6) is 0 Å². The SMILES string of the molecule is CC.CC.CC.CCC(N=C(C)[C@H](Cc1ccc(C)c(C)c1)NC(=O)[C@H](Cc1ccccc1)C(=O)OC)=C(C)C.CS(=O)(=O)O. The number of nitrogens with one attached hydrogen (secondary N) is 1. The molecule has 1 amide bonds. The van der Waals surface area contributed by atoms with Crippen molar-refractivity contribution in [3.8, 4) is 0 Å². The third-order valence-corrected chi connectivity index (χ3v) is 6.14. The van der Waals surface area contributed by atoms with Crippen molar-refractivity contribution in [2.24, 2.45) is 10.9 Å². The summed E-state index contributed by atoms with van der Waals surface area (Å²) in [5, 5.41) is 3.11. The second kappa shape index (κ2) is 26.0. The van der Waals surface area contributed by atoms with Gasteiger partial charge in [-0.25, -0.2) is 0 Å². The summed E-state index contributed by atoms with van der Waals surface area (Å²) < 4.78 is 30.8. The van der Waals surface area contributed by atoms with Crippen molar-refractivity contribution in [3.63, 3.8) is 0 Å². The molecule has 2 aromatic rings. The minimum atomic E-state index is -3.67. The third-order valence-electron chi connectivity index (χ3n) is 6.14. The quantitative estimate of drug-likeness (QED) is 0.116. The first-order chi connectivity index (χ1) is 21.2. The van der Waals surface area contributed by atoms with Crippen molar-refractivity contribution in [1.29, 1.82) is 0 Å². The zero-order valence-electron chi connectivity index (χ0n) is 30.2. The van der Waals surface area contributed by atoms with E-state index in [-0.39, 0.29) is 18.4 Å². The van der Waals surface area contributed by atoms with E-state index in [0.717, 1.165) is 34.5 Å². The predicted octanol–water partition coefficient (Wildman–Crippen LogP) is 8.11. The van der Waals surface area contributed by atoms with Gasteiger partial charge in [0.05, 0.1) is 19.4 Å². The van der Waals surface area contributed by atoms with Crippen molar-refractivity contribution >= 4 is 27.7 Å². The van der Waals surface area contributed by atoms with Gasteiger partial charge < -0.3 is 10.1 Å². The molecule has 2 aromatic carbocycles. The third kappa shape index (κ3) is 21.1. The summed E-state index contributed by atoms with van der Waals surface area (Å²) in [6, 6.07) is 15.5. The Hall–Kier alpha value is -3.30. The van der Waals surface area contributed by atoms with Crippen LogP contribution in [0.25, 0.3) is 0 Å². The number of hydrogen-bond acceptors (Lipinski definition) is 6. The zero-order chi connectivity index (χ0) is 35.8. The number of rotatable bonds is 10. The lowest BCUT2D eigenvalue weighted by molar-refractivity contribution is -0.150. The topological polar surface area (TPSA) is 122 Å². The van der Waals surface area contributed by atoms with E-state index < -0.39 is 22.0 Å². The summed E-state index contributed by atoms with van der Waals surface area (Å²) in [5.41, 5.74) is 7.40. The number of allylic oxidation sites excluding steroid dienone is 2. The molecule has 0 saturated heterocycles. The van der Waals surface area contributed by atoms with Gasteiger partial charge in [0.25, 0.3) is 10.1 Å². The number of carbonyl (C=O) groups is 2. The van der Waals surface area contributed by atoms with E-state index in [0.29, 0.717) is 12.7 Å². The summed E-state index contributed by atoms with van der Waals surface area (Å²) in [6.45, 7) is 24.3. The number of carbonyl (C=O) groups excluding carboxylic acids is 2. The molecule has 256 valence electrons. The lowest BCUT2D eigenvalue weighted by atomic mass is 9.95. The van der Waals surface area contributed by atoms with E-state index in [4.69, 9.17) is 14.3 Å². The highest BCUT2D eigenvalue weighted by atomic mass is 32.2. The fraction of sp³-hybridized carbons (Fsp3) is 0.528. The van der Waals surface area contributed by atoms with Crippen LogP contribution in [-0.2, 0) is 37.3 Å². The fourth-order valence-electron chi connectivity index (χ4n) is 3.85. The summed E-state index contributed by atoms with van der Waals surface area (Å²) >= 11 is 0. The Kier molecular flexibility index (Phi) is 26.6. The first-order valence-corrected chi connectivity index (χ1v) is 17.6. The molecule has 2 rings (SSSR count). The smallest absolute Gasteiger partial charge is 0.318 e. The van der Waals surface area contributed by atoms with Gasteiger partial charge in [-0.3, -0.25) is 19.1 Å². The fourth-order valence-corrected chi connectivity index (χ4v) is 3.85. The highest BCUT2D eigenvalue weighted by molar-refractivity contribution is 7.85. The molecule has 2 N–H and O–H groups in total. The summed E-state index contributed by atoms with van der Waals surface area (Å²) in [7, 11) is -2.35. The second-order valence-corrected chi connectivity index (χ2v) is 11.2. The molecule has 0 bridgehead atoms. The average molecular weight is 649 g/mol. The molecular weight excluding hydrogens is 588 g/mol. The van der Waals surface area contributed by atoms with Gasteiger partial charge in [-0.05, 0) is 76.1 Å². The maximum absolute atomic E-state index is 13.4. The summed E-state index contributed by atoms with van der Waals surface area (Å²) in [6.07, 6.45) is 2.39. The number of aliphatic imine (C=N–C) groups is 1. The van der Waals surface area contributed by atoms with Crippen LogP contribution in [0, 0.1) is 19.8 Å². The van der Waals surface area contributed by atoms with Crippen molar-refractivity contribution < 1.29 is 27.3 Å². The molecule has 0 unspecified atom stereocenters. The van der Waals surface area contributed by atoms with Gasteiger partial charge in [0.1, 0.15) is 5.92 Å². The summed E-state index contributed by atoms with van der Waals surface area (Å²) in [5.74, 6) is -1.83. The van der Waals surface area contributed by atoms with Gasteiger partial charge in [0, 0.05) is 11.4 Å². The molecule has 0 aliphatic heterocycles. The molecule has 0 heterocycles. The predicted molar refractivity (Wildman–Crippen MR) is 190 cm³/mol. The number of aryl methyl sites for hydroxylation is 2. The highest BCUT2D eigenvalue weighted by Crippen LogP contribution is 2.17. The van der Waals surface area contributed by atoms with Crippen LogP contribution in [0.15, 0.2) is 64.8 Å². The second-order valence-electron chi connectivity index (χ2n) is 9.74. The Morgan fingerprint density at radius 3 is 1.80 bits per heavy atom. The first kappa shape index (κ1) is 46.1. The lowest BCUT2D eigenvalue weighted by Gasteiger charge is -2.23. The maximum atomic E-state index is 13.4. The van der Waals surface area contributed by atoms with E-state index >= 15 is 0 Å². The maximum Gasteiger partial charge on any atom is 0.318 e. The minimum absolute atomic E-state index is 0.278. The van der Waals surface area contributed by atoms with Crippen LogP contribution < -0.4 is 5.32 Å². The molecule has 0 aromatic heterocycles. The largest absolute Gasteiger partial charge is 0.468 e. The van der Waals surface area contributed by atoms with Gasteiger partial charge in [-0.1, -0.05) is 103 Å². The highest BCUT2D eigenvalue weighted by Gasteiger charge is 2.30. The molecule has 0 radical (unpaired) electrons. The number of hydrogen-bond donors (Lipinski definition) is 2. The van der Waals surface area contributed by atoms with Crippen molar-refractivity contribution in [1.82, 2.24) is 5.32 Å². The molecule has 0 saturated carbocycles. The van der Waals surface area contributed by atoms with Gasteiger partial charge >= 0.3 is 5.97 Å². The normalized spacial score (nSPS) is 11.6. The Balaban J connectivity index is -0.00000141. The van der Waals surface area contributed by atoms with Gasteiger partial charge in [-0.15, -0.1) is 0 Å². The standard InChI is InChI=1S/C29H38N2O3.3C2H6.CH4O3S/c1-8-26(19(2)3)30-22(6)27(18-24-15-14-20(4)21(5)16-24)31-28(32)25(29(33)34-7)17-23-12-10-9-11-13-23;3*1-2;1-5(2,3)4/h9-16,25,27H,8,17-18H2,1-7H3,(H,31,32);3*1-2H3;1H3,(H,2,3,4)/t25-,27-;;;;/m0..../s1. The zero-order valence-corrected chi connectivity index (χ0v) is 31.1. The van der Waals surface area contributed by atoms with Gasteiger partial charge in [0.2, 0.25) is 5.91 Å². The molecule has 8 nitrogen and oxygen atoms in total. The number of amides is 1. The molecule has 2 atom stereocenters. The van der Waals surface area contributed by atoms with Crippen molar-refractivity contribution in [2.45, 2.75) is 108 Å². The van der Waals surface area contributed by atoms with Crippen LogP contribution in [0.1, 0.15) is 97.9 Å². The van der Waals surface area contributed by atoms with E-state index in [1.54, 1.807) is 0 Å². The molecule has 0 fully saturated rings. The Bertz CT molecular complexity index is 1270. The van der Waals surface area contributed by atoms with Gasteiger partial charge in [-0.2, -0.15) is 8.42 Å². The molecular formula is C36H60N2O6S. The molecule has 9 heteroatoms. The molecule has 0 aliphatic rings. The Morgan fingerprint density at radius 1 is 0.867 bits per heavy atom. The number of methoxy groups -OCH3 is 1. The van der Waals surface area contributed by atoms with Crippen LogP contribution in [0.3, 0.4) is 0 Å².